The van der Waals surface area contributed by atoms with E-state index in [0.29, 0.717) is 13.2 Å². The number of carbonyl (C=O) groups is 1. The first-order valence-corrected chi connectivity index (χ1v) is 4.62. The van der Waals surface area contributed by atoms with Gasteiger partial charge in [0, 0.05) is 0 Å². The van der Waals surface area contributed by atoms with Crippen LogP contribution in [-0.2, 0) is 20.9 Å². The maximum atomic E-state index is 10.2. The maximum absolute atomic E-state index is 10.2. The molecule has 3 heteroatoms. The van der Waals surface area contributed by atoms with Crippen LogP contribution < -0.4 is 0 Å². The number of aldehydes is 1. The van der Waals surface area contributed by atoms with Crippen molar-refractivity contribution in [2.75, 3.05) is 6.61 Å². The highest BCUT2D eigenvalue weighted by Crippen LogP contribution is 2.19. The molecule has 1 aliphatic heterocycles. The fourth-order valence-corrected chi connectivity index (χ4v) is 1.28. The van der Waals surface area contributed by atoms with E-state index in [1.165, 1.54) is 0 Å². The van der Waals surface area contributed by atoms with Gasteiger partial charge in [-0.1, -0.05) is 30.3 Å². The van der Waals surface area contributed by atoms with Crippen LogP contribution in [0.25, 0.3) is 0 Å². The molecule has 0 N–H and O–H groups in total. The van der Waals surface area contributed by atoms with Crippen molar-refractivity contribution in [3.05, 3.63) is 35.9 Å². The third-order valence-electron chi connectivity index (χ3n) is 2.15. The number of carbonyl (C=O) groups excluding carboxylic acids is 1. The zero-order valence-corrected chi connectivity index (χ0v) is 7.76. The molecular weight excluding hydrogens is 180 g/mol. The van der Waals surface area contributed by atoms with Gasteiger partial charge in [-0.3, -0.25) is 0 Å². The Balaban J connectivity index is 1.67. The second kappa shape index (κ2) is 4.35. The lowest BCUT2D eigenvalue weighted by Gasteiger charge is -2.01. The van der Waals surface area contributed by atoms with Crippen molar-refractivity contribution in [2.45, 2.75) is 18.8 Å². The summed E-state index contributed by atoms with van der Waals surface area (Å²) in [7, 11) is 0. The molecule has 0 saturated carbocycles. The third-order valence-corrected chi connectivity index (χ3v) is 2.15. The van der Waals surface area contributed by atoms with E-state index < -0.39 is 0 Å². The molecule has 3 nitrogen and oxygen atoms in total. The molecule has 0 spiro atoms. The first kappa shape index (κ1) is 9.37. The number of hydrogen-bond donors (Lipinski definition) is 0. The van der Waals surface area contributed by atoms with E-state index in [9.17, 15) is 4.79 Å². The quantitative estimate of drug-likeness (QED) is 0.519. The van der Waals surface area contributed by atoms with E-state index >= 15 is 0 Å². The molecule has 0 bridgehead atoms. The van der Waals surface area contributed by atoms with Crippen molar-refractivity contribution < 1.29 is 14.3 Å². The van der Waals surface area contributed by atoms with Crippen LogP contribution in [0.3, 0.4) is 0 Å². The van der Waals surface area contributed by atoms with Crippen LogP contribution in [0, 0.1) is 0 Å². The summed E-state index contributed by atoms with van der Waals surface area (Å²) >= 11 is 0. The van der Waals surface area contributed by atoms with Gasteiger partial charge in [-0.2, -0.15) is 0 Å². The summed E-state index contributed by atoms with van der Waals surface area (Å²) in [6.07, 6.45) is 0.568. The lowest BCUT2D eigenvalue weighted by atomic mass is 10.2. The SMILES string of the molecule is O=C[C@@H]1O[C@@H]1COCc1ccccc1. The van der Waals surface area contributed by atoms with E-state index in [2.05, 4.69) is 0 Å². The Labute approximate surface area is 82.6 Å². The monoisotopic (exact) mass is 192 g/mol. The van der Waals surface area contributed by atoms with E-state index in [1.807, 2.05) is 30.3 Å². The van der Waals surface area contributed by atoms with Crippen LogP contribution in [0.2, 0.25) is 0 Å². The van der Waals surface area contributed by atoms with E-state index in [1.54, 1.807) is 0 Å². The van der Waals surface area contributed by atoms with Crippen LogP contribution in [0.4, 0.5) is 0 Å². The predicted molar refractivity (Wildman–Crippen MR) is 50.8 cm³/mol. The van der Waals surface area contributed by atoms with Crippen molar-refractivity contribution in [1.82, 2.24) is 0 Å². The van der Waals surface area contributed by atoms with Gasteiger partial charge in [0.25, 0.3) is 0 Å². The van der Waals surface area contributed by atoms with Crippen molar-refractivity contribution in [1.29, 1.82) is 0 Å². The molecule has 1 fully saturated rings. The molecule has 0 unspecified atom stereocenters. The molecule has 2 atom stereocenters. The Kier molecular flexibility index (Phi) is 2.91. The third kappa shape index (κ3) is 2.40. The predicted octanol–water partition coefficient (Wildman–Crippen LogP) is 1.17. The molecule has 1 saturated heterocycles. The summed E-state index contributed by atoms with van der Waals surface area (Å²) < 4.78 is 10.4. The van der Waals surface area contributed by atoms with Gasteiger partial charge in [0.05, 0.1) is 13.2 Å². The molecule has 74 valence electrons. The maximum Gasteiger partial charge on any atom is 0.151 e. The first-order chi connectivity index (χ1) is 6.90. The van der Waals surface area contributed by atoms with Crippen molar-refractivity contribution in [2.24, 2.45) is 0 Å². The molecule has 1 heterocycles. The largest absolute Gasteiger partial charge is 0.374 e. The molecule has 1 aromatic rings. The van der Waals surface area contributed by atoms with Crippen LogP contribution in [0.1, 0.15) is 5.56 Å². The smallest absolute Gasteiger partial charge is 0.151 e. The highest BCUT2D eigenvalue weighted by molar-refractivity contribution is 5.60. The number of ether oxygens (including phenoxy) is 2. The van der Waals surface area contributed by atoms with Crippen molar-refractivity contribution >= 4 is 6.29 Å². The van der Waals surface area contributed by atoms with Gasteiger partial charge in [-0.05, 0) is 5.56 Å². The summed E-state index contributed by atoms with van der Waals surface area (Å²) in [4.78, 5) is 10.2. The molecule has 1 aliphatic rings. The molecule has 1 aromatic carbocycles. The van der Waals surface area contributed by atoms with E-state index in [-0.39, 0.29) is 12.2 Å². The zero-order valence-electron chi connectivity index (χ0n) is 7.76. The first-order valence-electron chi connectivity index (χ1n) is 4.62. The number of benzene rings is 1. The lowest BCUT2D eigenvalue weighted by molar-refractivity contribution is -0.108. The van der Waals surface area contributed by atoms with Gasteiger partial charge in [0.2, 0.25) is 0 Å². The molecule has 0 aromatic heterocycles. The van der Waals surface area contributed by atoms with Gasteiger partial charge in [-0.15, -0.1) is 0 Å². The minimum Gasteiger partial charge on any atom is -0.374 e. The zero-order chi connectivity index (χ0) is 9.80. The summed E-state index contributed by atoms with van der Waals surface area (Å²) in [5.41, 5.74) is 1.14. The normalized spacial score (nSPS) is 24.6. The second-order valence-corrected chi connectivity index (χ2v) is 3.28. The molecular formula is C11H12O3. The van der Waals surface area contributed by atoms with Gasteiger partial charge in [0.15, 0.2) is 6.29 Å². The van der Waals surface area contributed by atoms with E-state index in [4.69, 9.17) is 9.47 Å². The van der Waals surface area contributed by atoms with Gasteiger partial charge in [-0.25, -0.2) is 0 Å². The van der Waals surface area contributed by atoms with E-state index in [0.717, 1.165) is 11.8 Å². The van der Waals surface area contributed by atoms with Gasteiger partial charge in [0.1, 0.15) is 12.2 Å². The van der Waals surface area contributed by atoms with Gasteiger partial charge >= 0.3 is 0 Å². The highest BCUT2D eigenvalue weighted by atomic mass is 16.6. The number of rotatable bonds is 5. The molecule has 2 rings (SSSR count). The van der Waals surface area contributed by atoms with Crippen LogP contribution in [0.5, 0.6) is 0 Å². The number of epoxide rings is 1. The average Bonchev–Trinajstić information content (AvgIpc) is 2.98. The summed E-state index contributed by atoms with van der Waals surface area (Å²) in [6.45, 7) is 1.07. The summed E-state index contributed by atoms with van der Waals surface area (Å²) in [6, 6.07) is 9.92. The van der Waals surface area contributed by atoms with Crippen LogP contribution in [-0.4, -0.2) is 25.1 Å². The minimum absolute atomic E-state index is 0.0174. The molecule has 0 amide bonds. The Hall–Kier alpha value is -1.19. The summed E-state index contributed by atoms with van der Waals surface area (Å²) in [5, 5.41) is 0. The Morgan fingerprint density at radius 2 is 2.14 bits per heavy atom. The number of hydrogen-bond acceptors (Lipinski definition) is 3. The van der Waals surface area contributed by atoms with Crippen LogP contribution in [0.15, 0.2) is 30.3 Å². The highest BCUT2D eigenvalue weighted by Gasteiger charge is 2.38. The average molecular weight is 192 g/mol. The topological polar surface area (TPSA) is 38.8 Å². The fraction of sp³-hybridized carbons (Fsp3) is 0.364. The minimum atomic E-state index is -0.231. The van der Waals surface area contributed by atoms with Crippen LogP contribution >= 0.6 is 0 Å². The Morgan fingerprint density at radius 3 is 2.79 bits per heavy atom. The molecule has 0 radical (unpaired) electrons. The Morgan fingerprint density at radius 1 is 1.36 bits per heavy atom. The fourth-order valence-electron chi connectivity index (χ4n) is 1.28. The summed E-state index contributed by atoms with van der Waals surface area (Å²) in [5.74, 6) is 0. The standard InChI is InChI=1S/C11H12O3/c12-6-10-11(14-10)8-13-7-9-4-2-1-3-5-9/h1-6,10-11H,7-8H2/t10-,11+/m0/s1. The van der Waals surface area contributed by atoms with Gasteiger partial charge < -0.3 is 14.3 Å². The van der Waals surface area contributed by atoms with Crippen molar-refractivity contribution in [3.63, 3.8) is 0 Å². The van der Waals surface area contributed by atoms with Crippen molar-refractivity contribution in [3.8, 4) is 0 Å². The lowest BCUT2D eigenvalue weighted by Crippen LogP contribution is -2.05. The molecule has 0 aliphatic carbocycles. The second-order valence-electron chi connectivity index (χ2n) is 3.28. The molecule has 14 heavy (non-hydrogen) atoms. The Bertz CT molecular complexity index is 297.